The summed E-state index contributed by atoms with van der Waals surface area (Å²) >= 11 is 0. The van der Waals surface area contributed by atoms with E-state index in [-0.39, 0.29) is 152 Å². The Morgan fingerprint density at radius 1 is 0.422 bits per heavy atom. The van der Waals surface area contributed by atoms with E-state index in [1.54, 1.807) is 88.7 Å². The first kappa shape index (κ1) is 58.8. The van der Waals surface area contributed by atoms with E-state index in [0.717, 1.165) is 0 Å². The summed E-state index contributed by atoms with van der Waals surface area (Å²) in [7, 11) is 0. The molecule has 3 N–H and O–H groups in total. The first-order valence-electron chi connectivity index (χ1n) is 38.3. The summed E-state index contributed by atoms with van der Waals surface area (Å²) in [6.45, 7) is 8.79. The Morgan fingerprint density at radius 3 is 1.21 bits per heavy atom. The van der Waals surface area contributed by atoms with Gasteiger partial charge in [0.15, 0.2) is 0 Å². The number of nitrogens with zero attached hydrogens (tertiary/aromatic N) is 6. The van der Waals surface area contributed by atoms with Crippen LogP contribution in [0.3, 0.4) is 0 Å². The van der Waals surface area contributed by atoms with Gasteiger partial charge in [0.2, 0.25) is 35.4 Å². The van der Waals surface area contributed by atoms with E-state index in [0.29, 0.717) is 157 Å². The summed E-state index contributed by atoms with van der Waals surface area (Å²) in [4.78, 5) is 122. The number of allylic oxidation sites excluding steroid dienone is 3. The number of ether oxygens (including phenoxy) is 6. The van der Waals surface area contributed by atoms with E-state index < -0.39 is 44.4 Å². The fourth-order valence-corrected chi connectivity index (χ4v) is 13.1. The molecule has 9 amide bonds. The van der Waals surface area contributed by atoms with Crippen molar-refractivity contribution >= 4 is 53.2 Å². The van der Waals surface area contributed by atoms with E-state index in [4.69, 9.17) is 40.8 Å². The summed E-state index contributed by atoms with van der Waals surface area (Å²) < 4.78 is 109. The van der Waals surface area contributed by atoms with Crippen LogP contribution in [0.1, 0.15) is 132 Å². The van der Waals surface area contributed by atoms with Gasteiger partial charge in [-0.05, 0) is 108 Å². The van der Waals surface area contributed by atoms with Crippen molar-refractivity contribution in [2.75, 3.05) is 59.3 Å². The summed E-state index contributed by atoms with van der Waals surface area (Å²) in [5, 5.41) is 8.13. The zero-order valence-corrected chi connectivity index (χ0v) is 55.8. The van der Waals surface area contributed by atoms with E-state index in [9.17, 15) is 43.2 Å². The molecule has 24 nitrogen and oxygen atoms in total. The molecule has 0 aliphatic carbocycles. The van der Waals surface area contributed by atoms with Gasteiger partial charge in [0.1, 0.15) is 74.9 Å². The lowest BCUT2D eigenvalue weighted by Crippen LogP contribution is -2.49. The SMILES string of the molecule is [2H]C(c1ccc(C([2H])([2H])Oc2cccc3c2CN(C2CCC(=C)NC2=O)C3=O)cc1)N1CCOCC1=O.[2H]c1c(CN2CCOCC2=O)ccc(C([2H])Oc2cccc3c2CN(C2CCC(=C)NC2=O)C3=O)c1[2H].[2H]c1cc(C([2H])Oc2cccc3c2CN(C2CCC(=C)NC2=O)C3=O)c([2H])cc1CN1CCOCC1=O. The molecule has 6 saturated heterocycles. The Bertz CT molecular complexity index is 4660. The van der Waals surface area contributed by atoms with E-state index in [1.807, 2.05) is 0 Å². The minimum Gasteiger partial charge on any atom is -0.489 e. The van der Waals surface area contributed by atoms with Gasteiger partial charge in [-0.15, -0.1) is 0 Å². The van der Waals surface area contributed by atoms with Crippen LogP contribution in [0.2, 0.25) is 0 Å². The van der Waals surface area contributed by atoms with Gasteiger partial charge in [-0.1, -0.05) is 111 Å². The number of morpholine rings is 3. The zero-order chi connectivity index (χ0) is 78.9. The maximum atomic E-state index is 13.1. The van der Waals surface area contributed by atoms with E-state index in [1.165, 1.54) is 43.9 Å². The van der Waals surface area contributed by atoms with Gasteiger partial charge in [0.25, 0.3) is 17.7 Å². The molecule has 6 atom stereocenters. The number of carbonyl (C=O) groups excluding carboxylic acids is 9. The summed E-state index contributed by atoms with van der Waals surface area (Å²) in [6, 6.07) is 25.3. The number of rotatable bonds is 18. The second-order valence-corrected chi connectivity index (χ2v) is 25.5. The Balaban J connectivity index is 0.000000146. The molecule has 0 bridgehead atoms. The number of nitrogens with one attached hydrogen (secondary N) is 3. The van der Waals surface area contributed by atoms with Gasteiger partial charge in [-0.3, -0.25) is 43.2 Å². The molecular weight excluding hydrogens is 1300 g/mol. The van der Waals surface area contributed by atoms with Crippen molar-refractivity contribution in [3.8, 4) is 17.2 Å². The molecule has 6 aromatic carbocycles. The Morgan fingerprint density at radius 2 is 0.775 bits per heavy atom. The van der Waals surface area contributed by atoms with Crippen LogP contribution >= 0.6 is 0 Å². The molecule has 9 aliphatic heterocycles. The number of amides is 9. The number of carbonyl (C=O) groups is 9. The maximum Gasteiger partial charge on any atom is 0.255 e. The predicted octanol–water partition coefficient (Wildman–Crippen LogP) is 7.12. The molecule has 24 heteroatoms. The highest BCUT2D eigenvalue weighted by Crippen LogP contribution is 2.38. The van der Waals surface area contributed by atoms with Gasteiger partial charge >= 0.3 is 0 Å². The molecule has 0 saturated carbocycles. The summed E-state index contributed by atoms with van der Waals surface area (Å²) in [6.07, 6.45) is 3.20. The largest absolute Gasteiger partial charge is 0.489 e. The minimum atomic E-state index is -2.24. The highest BCUT2D eigenvalue weighted by atomic mass is 16.5. The lowest BCUT2D eigenvalue weighted by molar-refractivity contribution is -0.144. The number of hydrogen-bond donors (Lipinski definition) is 3. The molecule has 9 aliphatic rings. The van der Waals surface area contributed by atoms with Crippen LogP contribution in [0.25, 0.3) is 0 Å². The lowest BCUT2D eigenvalue weighted by atomic mass is 10.0. The fraction of sp³-hybridized carbons (Fsp3) is 0.346. The summed E-state index contributed by atoms with van der Waals surface area (Å²) in [5.74, 6) is -1.37. The smallest absolute Gasteiger partial charge is 0.255 e. The monoisotopic (exact) mass is 1390 g/mol. The molecule has 0 radical (unpaired) electrons. The highest BCUT2D eigenvalue weighted by Gasteiger charge is 2.43. The van der Waals surface area contributed by atoms with Gasteiger partial charge in [-0.25, -0.2) is 0 Å². The van der Waals surface area contributed by atoms with Crippen molar-refractivity contribution in [2.45, 2.75) is 116 Å². The first-order valence-corrected chi connectivity index (χ1v) is 33.5. The van der Waals surface area contributed by atoms with Gasteiger partial charge < -0.3 is 73.8 Å². The molecule has 6 fully saturated rings. The normalized spacial score (nSPS) is 22.7. The zero-order valence-electron chi connectivity index (χ0n) is 64.8. The number of piperidine rings is 3. The maximum absolute atomic E-state index is 13.1. The molecule has 6 aromatic rings. The predicted molar refractivity (Wildman–Crippen MR) is 371 cm³/mol. The van der Waals surface area contributed by atoms with Crippen LogP contribution in [0.15, 0.2) is 164 Å². The van der Waals surface area contributed by atoms with Crippen LogP contribution in [0.4, 0.5) is 0 Å². The second kappa shape index (κ2) is 31.3. The molecule has 0 spiro atoms. The van der Waals surface area contributed by atoms with Gasteiger partial charge in [0, 0.05) is 89.7 Å². The van der Waals surface area contributed by atoms with Gasteiger partial charge in [-0.2, -0.15) is 0 Å². The average molecular weight is 1390 g/mol. The molecular formula is C78H81N9O15. The van der Waals surface area contributed by atoms with Crippen LogP contribution in [0, 0.1) is 0 Å². The van der Waals surface area contributed by atoms with Crippen molar-refractivity contribution in [3.05, 3.63) is 231 Å². The molecule has 9 heterocycles. The summed E-state index contributed by atoms with van der Waals surface area (Å²) in [5.41, 5.74) is 6.99. The van der Waals surface area contributed by atoms with Crippen molar-refractivity contribution in [1.29, 1.82) is 0 Å². The number of hydrogen-bond acceptors (Lipinski definition) is 15. The van der Waals surface area contributed by atoms with Crippen molar-refractivity contribution in [3.63, 3.8) is 0 Å². The first-order chi connectivity index (χ1) is 53.1. The highest BCUT2D eigenvalue weighted by molar-refractivity contribution is 6.04. The minimum absolute atomic E-state index is 0.00379. The topological polar surface area (TPSA) is 265 Å². The van der Waals surface area contributed by atoms with Crippen LogP contribution < -0.4 is 30.2 Å². The third-order valence-corrected chi connectivity index (χ3v) is 18.6. The molecule has 102 heavy (non-hydrogen) atoms. The lowest BCUT2D eigenvalue weighted by Gasteiger charge is -2.31. The van der Waals surface area contributed by atoms with Crippen molar-refractivity contribution < 1.29 is 83.9 Å². The quantitative estimate of drug-likeness (QED) is 0.0774. The molecule has 6 unspecified atom stereocenters. The van der Waals surface area contributed by atoms with Crippen molar-refractivity contribution in [1.82, 2.24) is 45.3 Å². The van der Waals surface area contributed by atoms with Crippen LogP contribution in [-0.4, -0.2) is 160 Å². The average Bonchev–Trinajstić information content (AvgIpc) is 1.64. The van der Waals surface area contributed by atoms with Gasteiger partial charge in [0.05, 0.1) is 51.8 Å². The van der Waals surface area contributed by atoms with E-state index in [2.05, 4.69) is 35.7 Å². The van der Waals surface area contributed by atoms with Crippen LogP contribution in [-0.2, 0) is 102 Å². The second-order valence-electron chi connectivity index (χ2n) is 25.5. The molecule has 0 aromatic heterocycles. The van der Waals surface area contributed by atoms with Crippen molar-refractivity contribution in [2.24, 2.45) is 0 Å². The third kappa shape index (κ3) is 15.9. The third-order valence-electron chi connectivity index (χ3n) is 18.6. The Kier molecular flexibility index (Phi) is 18.0. The fourth-order valence-electron chi connectivity index (χ4n) is 13.1. The van der Waals surface area contributed by atoms with Crippen LogP contribution in [0.5, 0.6) is 17.2 Å². The standard InChI is InChI=1S/3C26H27N3O5/c3*1-17-5-10-22(25(31)27-17)29-14-21-20(26(29)32)3-2-4-23(21)34-15-19-8-6-18(7-9-19)13-28-11-12-33-16-24(28)30/h3*2-4,6-9,22H,1,5,10-16H2,(H,27,31)/i6D,9D,15D;6D,8D,15D;13D,15D2. The molecule has 15 rings (SSSR count). The number of benzene rings is 6. The number of fused-ring (bicyclic) bond motifs is 3. The molecule has 528 valence electrons. The van der Waals surface area contributed by atoms with E-state index >= 15 is 0 Å². The Hall–Kier alpha value is -11.0. The Labute approximate surface area is 603 Å².